The molecule has 0 radical (unpaired) electrons. The molecule has 0 amide bonds. The number of nitrogens with two attached hydrogens (primary N) is 1. The first kappa shape index (κ1) is 9.14. The van der Waals surface area contributed by atoms with E-state index in [2.05, 4.69) is 26.0 Å². The maximum Gasteiger partial charge on any atom is 0.189 e. The molecule has 0 unspecified atom stereocenters. The van der Waals surface area contributed by atoms with Crippen LogP contribution in [0.3, 0.4) is 0 Å². The van der Waals surface area contributed by atoms with Gasteiger partial charge in [0.1, 0.15) is 0 Å². The number of hydrogen-bond donors (Lipinski definition) is 1. The van der Waals surface area contributed by atoms with E-state index in [0.717, 1.165) is 0 Å². The van der Waals surface area contributed by atoms with Gasteiger partial charge in [0.25, 0.3) is 0 Å². The van der Waals surface area contributed by atoms with Gasteiger partial charge in [0.2, 0.25) is 0 Å². The minimum absolute atomic E-state index is 0.130. The van der Waals surface area contributed by atoms with Gasteiger partial charge in [-0.15, -0.1) is 0 Å². The molecule has 0 spiro atoms. The van der Waals surface area contributed by atoms with Crippen LogP contribution in [0.1, 0.15) is 0 Å². The monoisotopic (exact) mass is 256 g/mol. The second kappa shape index (κ2) is 3.38. The van der Waals surface area contributed by atoms with Crippen LogP contribution < -0.4 is 5.73 Å². The minimum atomic E-state index is -0.456. The molecule has 2 N–H and O–H groups in total. The van der Waals surface area contributed by atoms with Crippen LogP contribution >= 0.6 is 15.9 Å². The van der Waals surface area contributed by atoms with E-state index in [0.29, 0.717) is 10.2 Å². The molecule has 2 aromatic heterocycles. The number of nitrogen functional groups attached to an aromatic ring is 1. The van der Waals surface area contributed by atoms with E-state index in [-0.39, 0.29) is 5.82 Å². The van der Waals surface area contributed by atoms with Crippen molar-refractivity contribution >= 4 is 21.6 Å². The van der Waals surface area contributed by atoms with Gasteiger partial charge in [-0.25, -0.2) is 14.1 Å². The van der Waals surface area contributed by atoms with Crippen molar-refractivity contribution in [1.82, 2.24) is 14.8 Å². The Bertz CT molecular complexity index is 468. The summed E-state index contributed by atoms with van der Waals surface area (Å²) in [6.07, 6.45) is 4.43. The van der Waals surface area contributed by atoms with Crippen LogP contribution in [0.25, 0.3) is 5.82 Å². The number of anilines is 1. The molecule has 0 aliphatic carbocycles. The van der Waals surface area contributed by atoms with Crippen LogP contribution in [0, 0.1) is 5.82 Å². The lowest BCUT2D eigenvalue weighted by Gasteiger charge is -2.01. The van der Waals surface area contributed by atoms with Crippen molar-refractivity contribution in [3.05, 3.63) is 34.9 Å². The van der Waals surface area contributed by atoms with Gasteiger partial charge in [-0.1, -0.05) is 0 Å². The van der Waals surface area contributed by atoms with E-state index < -0.39 is 5.82 Å². The molecule has 2 aromatic rings. The zero-order valence-corrected chi connectivity index (χ0v) is 8.57. The van der Waals surface area contributed by atoms with Gasteiger partial charge in [0.05, 0.1) is 18.1 Å². The van der Waals surface area contributed by atoms with Crippen LogP contribution in [0.4, 0.5) is 10.1 Å². The van der Waals surface area contributed by atoms with E-state index in [1.807, 2.05) is 0 Å². The van der Waals surface area contributed by atoms with E-state index in [4.69, 9.17) is 5.73 Å². The number of hydrogen-bond acceptors (Lipinski definition) is 3. The van der Waals surface area contributed by atoms with Gasteiger partial charge in [-0.3, -0.25) is 0 Å². The standard InChI is InChI=1S/C8H6BrFN4/c9-5-1-7(10)8(12-2-5)14-4-6(11)3-13-14/h1-4H,11H2. The highest BCUT2D eigenvalue weighted by atomic mass is 79.9. The molecule has 0 aromatic carbocycles. The molecule has 0 aliphatic heterocycles. The van der Waals surface area contributed by atoms with E-state index in [1.165, 1.54) is 29.3 Å². The second-order valence-corrected chi connectivity index (χ2v) is 3.59. The third-order valence-electron chi connectivity index (χ3n) is 1.61. The SMILES string of the molecule is Nc1cnn(-c2ncc(Br)cc2F)c1. The first-order valence-corrected chi connectivity index (χ1v) is 4.57. The maximum atomic E-state index is 13.4. The number of nitrogens with zero attached hydrogens (tertiary/aromatic N) is 3. The molecule has 0 atom stereocenters. The Labute approximate surface area is 87.7 Å². The van der Waals surface area contributed by atoms with Crippen molar-refractivity contribution in [3.8, 4) is 5.82 Å². The average molecular weight is 257 g/mol. The van der Waals surface area contributed by atoms with Crippen molar-refractivity contribution in [2.75, 3.05) is 5.73 Å². The zero-order chi connectivity index (χ0) is 10.1. The first-order chi connectivity index (χ1) is 6.66. The van der Waals surface area contributed by atoms with Gasteiger partial charge in [0.15, 0.2) is 11.6 Å². The topological polar surface area (TPSA) is 56.7 Å². The fourth-order valence-electron chi connectivity index (χ4n) is 1.03. The number of halogens is 2. The van der Waals surface area contributed by atoms with Gasteiger partial charge < -0.3 is 5.73 Å². The van der Waals surface area contributed by atoms with Crippen LogP contribution in [0.15, 0.2) is 29.1 Å². The molecular formula is C8H6BrFN4. The van der Waals surface area contributed by atoms with Gasteiger partial charge >= 0.3 is 0 Å². The highest BCUT2D eigenvalue weighted by Crippen LogP contribution is 2.15. The summed E-state index contributed by atoms with van der Waals surface area (Å²) in [7, 11) is 0. The summed E-state index contributed by atoms with van der Waals surface area (Å²) in [4.78, 5) is 3.88. The lowest BCUT2D eigenvalue weighted by molar-refractivity contribution is 0.599. The minimum Gasteiger partial charge on any atom is -0.396 e. The molecule has 0 fully saturated rings. The Hall–Kier alpha value is -1.43. The van der Waals surface area contributed by atoms with Gasteiger partial charge in [-0.05, 0) is 22.0 Å². The highest BCUT2D eigenvalue weighted by Gasteiger charge is 2.07. The lowest BCUT2D eigenvalue weighted by atomic mass is 10.4. The van der Waals surface area contributed by atoms with Crippen LogP contribution in [-0.4, -0.2) is 14.8 Å². The fourth-order valence-corrected chi connectivity index (χ4v) is 1.33. The number of aromatic nitrogens is 3. The summed E-state index contributed by atoms with van der Waals surface area (Å²) in [5.41, 5.74) is 5.92. The van der Waals surface area contributed by atoms with Crippen molar-refractivity contribution in [1.29, 1.82) is 0 Å². The molecule has 2 rings (SSSR count). The Morgan fingerprint density at radius 3 is 2.79 bits per heavy atom. The summed E-state index contributed by atoms with van der Waals surface area (Å²) >= 11 is 3.12. The Morgan fingerprint density at radius 2 is 2.21 bits per heavy atom. The molecule has 4 nitrogen and oxygen atoms in total. The Balaban J connectivity index is 2.52. The summed E-state index contributed by atoms with van der Waals surface area (Å²) in [6.45, 7) is 0. The third kappa shape index (κ3) is 1.60. The largest absolute Gasteiger partial charge is 0.396 e. The zero-order valence-electron chi connectivity index (χ0n) is 6.98. The highest BCUT2D eigenvalue weighted by molar-refractivity contribution is 9.10. The van der Waals surface area contributed by atoms with Gasteiger partial charge in [0, 0.05) is 10.7 Å². The smallest absolute Gasteiger partial charge is 0.189 e. The summed E-state index contributed by atoms with van der Waals surface area (Å²) in [6, 6.07) is 1.32. The average Bonchev–Trinajstić information content (AvgIpc) is 2.51. The molecule has 72 valence electrons. The molecule has 2 heterocycles. The molecule has 6 heteroatoms. The van der Waals surface area contributed by atoms with Crippen molar-refractivity contribution in [2.24, 2.45) is 0 Å². The summed E-state index contributed by atoms with van der Waals surface area (Å²) < 4.78 is 15.2. The molecule has 0 saturated carbocycles. The number of rotatable bonds is 1. The lowest BCUT2D eigenvalue weighted by Crippen LogP contribution is -2.01. The van der Waals surface area contributed by atoms with E-state index in [1.54, 1.807) is 0 Å². The molecule has 0 aliphatic rings. The van der Waals surface area contributed by atoms with Crippen LogP contribution in [0.2, 0.25) is 0 Å². The van der Waals surface area contributed by atoms with Crippen molar-refractivity contribution in [3.63, 3.8) is 0 Å². The first-order valence-electron chi connectivity index (χ1n) is 3.78. The predicted molar refractivity (Wildman–Crippen MR) is 53.4 cm³/mol. The molecule has 0 saturated heterocycles. The predicted octanol–water partition coefficient (Wildman–Crippen LogP) is 1.75. The van der Waals surface area contributed by atoms with Crippen molar-refractivity contribution in [2.45, 2.75) is 0 Å². The Kier molecular flexibility index (Phi) is 2.20. The van der Waals surface area contributed by atoms with Gasteiger partial charge in [-0.2, -0.15) is 5.10 Å². The van der Waals surface area contributed by atoms with Crippen LogP contribution in [-0.2, 0) is 0 Å². The molecule has 0 bridgehead atoms. The van der Waals surface area contributed by atoms with E-state index >= 15 is 0 Å². The van der Waals surface area contributed by atoms with Crippen molar-refractivity contribution < 1.29 is 4.39 Å². The fraction of sp³-hybridized carbons (Fsp3) is 0. The molecule has 14 heavy (non-hydrogen) atoms. The van der Waals surface area contributed by atoms with E-state index in [9.17, 15) is 4.39 Å². The number of pyridine rings is 1. The third-order valence-corrected chi connectivity index (χ3v) is 2.04. The van der Waals surface area contributed by atoms with Crippen LogP contribution in [0.5, 0.6) is 0 Å². The second-order valence-electron chi connectivity index (χ2n) is 2.68. The summed E-state index contributed by atoms with van der Waals surface area (Å²) in [5.74, 6) is -0.327. The normalized spacial score (nSPS) is 10.4. The summed E-state index contributed by atoms with van der Waals surface area (Å²) in [5, 5.41) is 3.85. The maximum absolute atomic E-state index is 13.4. The quantitative estimate of drug-likeness (QED) is 0.846. The Morgan fingerprint density at radius 1 is 1.43 bits per heavy atom. The molecular weight excluding hydrogens is 251 g/mol.